The third-order valence-corrected chi connectivity index (χ3v) is 6.87. The molecule has 1 N–H and O–H groups in total. The number of pyridine rings is 1. The molecule has 5 aromatic rings. The van der Waals surface area contributed by atoms with Crippen molar-refractivity contribution in [3.05, 3.63) is 68.5 Å². The van der Waals surface area contributed by atoms with Crippen LogP contribution in [0.25, 0.3) is 36.4 Å². The Bertz CT molecular complexity index is 1570. The van der Waals surface area contributed by atoms with E-state index in [0.29, 0.717) is 31.0 Å². The van der Waals surface area contributed by atoms with Gasteiger partial charge in [-0.1, -0.05) is 11.6 Å². The van der Waals surface area contributed by atoms with Crippen LogP contribution in [-0.4, -0.2) is 26.0 Å². The fourth-order valence-corrected chi connectivity index (χ4v) is 5.28. The smallest absolute Gasteiger partial charge is 0.333 e. The minimum atomic E-state index is -0.595. The van der Waals surface area contributed by atoms with Gasteiger partial charge in [-0.3, -0.25) is 9.78 Å². The SMILES string of the molecule is COc1cc(-c2cc3[nH]c(=O)n(-c4cncc5cnsc45)c(=O)c3s2)c(Cl)cc1F. The van der Waals surface area contributed by atoms with Gasteiger partial charge in [0.15, 0.2) is 11.6 Å². The molecule has 0 atom stereocenters. The average molecular weight is 461 g/mol. The van der Waals surface area contributed by atoms with E-state index in [0.717, 1.165) is 27.4 Å². The molecular formula is C19H10ClFN4O3S2. The van der Waals surface area contributed by atoms with Crippen molar-refractivity contribution >= 4 is 54.8 Å². The van der Waals surface area contributed by atoms with Gasteiger partial charge in [-0.05, 0) is 29.7 Å². The van der Waals surface area contributed by atoms with Crippen molar-refractivity contribution in [2.75, 3.05) is 7.11 Å². The van der Waals surface area contributed by atoms with Crippen LogP contribution in [0.4, 0.5) is 4.39 Å². The molecule has 0 bridgehead atoms. The van der Waals surface area contributed by atoms with E-state index in [1.165, 1.54) is 30.9 Å². The Morgan fingerprint density at radius 2 is 2.00 bits per heavy atom. The first-order valence-electron chi connectivity index (χ1n) is 8.49. The number of methoxy groups -OCH3 is 1. The van der Waals surface area contributed by atoms with Gasteiger partial charge >= 0.3 is 5.69 Å². The number of benzene rings is 1. The zero-order valence-electron chi connectivity index (χ0n) is 15.1. The van der Waals surface area contributed by atoms with Crippen LogP contribution < -0.4 is 16.0 Å². The number of H-pyrrole nitrogens is 1. The minimum absolute atomic E-state index is 0.0284. The maximum absolute atomic E-state index is 13.9. The first kappa shape index (κ1) is 18.9. The second kappa shape index (κ2) is 7.01. The number of rotatable bonds is 3. The van der Waals surface area contributed by atoms with E-state index < -0.39 is 17.1 Å². The molecule has 0 saturated carbocycles. The van der Waals surface area contributed by atoms with Crippen molar-refractivity contribution in [3.8, 4) is 21.9 Å². The Morgan fingerprint density at radius 3 is 2.80 bits per heavy atom. The van der Waals surface area contributed by atoms with Crippen LogP contribution in [0.3, 0.4) is 0 Å². The lowest BCUT2D eigenvalue weighted by Crippen LogP contribution is -2.33. The molecule has 0 aliphatic carbocycles. The highest BCUT2D eigenvalue weighted by Gasteiger charge is 2.18. The van der Waals surface area contributed by atoms with Crippen molar-refractivity contribution in [2.45, 2.75) is 0 Å². The Kier molecular flexibility index (Phi) is 4.42. The predicted octanol–water partition coefficient (Wildman–Crippen LogP) is 4.21. The fraction of sp³-hybridized carbons (Fsp3) is 0.0526. The molecule has 30 heavy (non-hydrogen) atoms. The van der Waals surface area contributed by atoms with Crippen LogP contribution in [0.5, 0.6) is 5.75 Å². The molecule has 4 heterocycles. The standard InChI is InChI=1S/C19H10ClFN4O3S2/c1-28-14-2-9(10(20)3-11(14)21)15-4-12-17(29-15)18(26)25(19(27)24-12)13-7-22-5-8-6-23-30-16(8)13/h2-7H,1H3,(H,24,27). The quantitative estimate of drug-likeness (QED) is 0.435. The Morgan fingerprint density at radius 1 is 1.17 bits per heavy atom. The molecule has 0 amide bonds. The van der Waals surface area contributed by atoms with Gasteiger partial charge in [-0.25, -0.2) is 13.8 Å². The highest BCUT2D eigenvalue weighted by Crippen LogP contribution is 2.38. The number of nitrogens with zero attached hydrogens (tertiary/aromatic N) is 3. The molecule has 11 heteroatoms. The van der Waals surface area contributed by atoms with Crippen molar-refractivity contribution in [2.24, 2.45) is 0 Å². The molecule has 5 rings (SSSR count). The van der Waals surface area contributed by atoms with Gasteiger partial charge in [0, 0.05) is 22.0 Å². The van der Waals surface area contributed by atoms with Gasteiger partial charge in [0.1, 0.15) is 4.70 Å². The number of thiophene rings is 1. The summed E-state index contributed by atoms with van der Waals surface area (Å²) in [6, 6.07) is 4.25. The van der Waals surface area contributed by atoms with E-state index in [1.54, 1.807) is 18.5 Å². The van der Waals surface area contributed by atoms with E-state index in [2.05, 4.69) is 14.3 Å². The van der Waals surface area contributed by atoms with E-state index in [1.807, 2.05) is 0 Å². The Balaban J connectivity index is 1.77. The largest absolute Gasteiger partial charge is 0.494 e. The molecule has 0 saturated heterocycles. The summed E-state index contributed by atoms with van der Waals surface area (Å²) in [4.78, 5) is 33.4. The van der Waals surface area contributed by atoms with Gasteiger partial charge in [0.2, 0.25) is 0 Å². The molecule has 0 fully saturated rings. The first-order chi connectivity index (χ1) is 14.5. The second-order valence-electron chi connectivity index (χ2n) is 6.29. The van der Waals surface area contributed by atoms with Gasteiger partial charge in [-0.2, -0.15) is 4.37 Å². The van der Waals surface area contributed by atoms with Crippen LogP contribution in [0.1, 0.15) is 0 Å². The Hall–Kier alpha value is -3.08. The van der Waals surface area contributed by atoms with Gasteiger partial charge in [0.05, 0.1) is 40.4 Å². The zero-order valence-corrected chi connectivity index (χ0v) is 17.5. The molecule has 1 aromatic carbocycles. The van der Waals surface area contributed by atoms with Crippen molar-refractivity contribution < 1.29 is 9.13 Å². The molecule has 0 radical (unpaired) electrons. The summed E-state index contributed by atoms with van der Waals surface area (Å²) >= 11 is 8.53. The van der Waals surface area contributed by atoms with Crippen LogP contribution in [0.2, 0.25) is 5.02 Å². The summed E-state index contributed by atoms with van der Waals surface area (Å²) in [6.45, 7) is 0. The summed E-state index contributed by atoms with van der Waals surface area (Å²) in [5.74, 6) is -0.561. The van der Waals surface area contributed by atoms with Crippen LogP contribution >= 0.6 is 34.5 Å². The van der Waals surface area contributed by atoms with Gasteiger partial charge in [-0.15, -0.1) is 11.3 Å². The molecule has 0 aliphatic heterocycles. The number of aromatic amines is 1. The first-order valence-corrected chi connectivity index (χ1v) is 10.5. The second-order valence-corrected chi connectivity index (χ2v) is 8.55. The molecule has 4 aromatic heterocycles. The van der Waals surface area contributed by atoms with E-state index in [4.69, 9.17) is 16.3 Å². The number of hydrogen-bond donors (Lipinski definition) is 1. The third kappa shape index (κ3) is 2.83. The fourth-order valence-electron chi connectivity index (χ4n) is 3.17. The number of ether oxygens (including phenoxy) is 1. The molecule has 0 unspecified atom stereocenters. The maximum Gasteiger partial charge on any atom is 0.333 e. The van der Waals surface area contributed by atoms with Crippen molar-refractivity contribution in [3.63, 3.8) is 0 Å². The van der Waals surface area contributed by atoms with Crippen molar-refractivity contribution in [1.29, 1.82) is 0 Å². The molecule has 0 spiro atoms. The number of halogens is 2. The molecule has 0 aliphatic rings. The summed E-state index contributed by atoms with van der Waals surface area (Å²) in [5.41, 5.74) is 0.138. The van der Waals surface area contributed by atoms with Gasteiger partial charge < -0.3 is 9.72 Å². The lowest BCUT2D eigenvalue weighted by molar-refractivity contribution is 0.387. The monoisotopic (exact) mass is 460 g/mol. The normalized spacial score (nSPS) is 11.4. The number of hydrogen-bond acceptors (Lipinski definition) is 7. The summed E-state index contributed by atoms with van der Waals surface area (Å²) in [7, 11) is 1.35. The van der Waals surface area contributed by atoms with Crippen LogP contribution in [0.15, 0.2) is 46.4 Å². The molecule has 7 nitrogen and oxygen atoms in total. The van der Waals surface area contributed by atoms with Crippen LogP contribution in [0, 0.1) is 5.82 Å². The summed E-state index contributed by atoms with van der Waals surface area (Å²) in [6.07, 6.45) is 4.70. The van der Waals surface area contributed by atoms with E-state index >= 15 is 0 Å². The predicted molar refractivity (Wildman–Crippen MR) is 116 cm³/mol. The van der Waals surface area contributed by atoms with Crippen molar-refractivity contribution in [1.82, 2.24) is 18.9 Å². The number of nitrogens with one attached hydrogen (secondary N) is 1. The maximum atomic E-state index is 13.9. The minimum Gasteiger partial charge on any atom is -0.494 e. The molecular weight excluding hydrogens is 451 g/mol. The van der Waals surface area contributed by atoms with E-state index in [-0.39, 0.29) is 10.8 Å². The third-order valence-electron chi connectivity index (χ3n) is 4.56. The lowest BCUT2D eigenvalue weighted by atomic mass is 10.1. The van der Waals surface area contributed by atoms with E-state index in [9.17, 15) is 14.0 Å². The summed E-state index contributed by atoms with van der Waals surface area (Å²) in [5, 5.41) is 0.905. The Labute approximate surface area is 180 Å². The number of fused-ring (bicyclic) bond motifs is 2. The highest BCUT2D eigenvalue weighted by molar-refractivity contribution is 7.22. The van der Waals surface area contributed by atoms with Gasteiger partial charge in [0.25, 0.3) is 5.56 Å². The highest BCUT2D eigenvalue weighted by atomic mass is 35.5. The lowest BCUT2D eigenvalue weighted by Gasteiger charge is -2.06. The summed E-state index contributed by atoms with van der Waals surface area (Å²) < 4.78 is 25.1. The zero-order chi connectivity index (χ0) is 21.0. The molecule has 150 valence electrons. The topological polar surface area (TPSA) is 89.9 Å². The number of aromatic nitrogens is 4. The average Bonchev–Trinajstić information content (AvgIpc) is 3.35. The van der Waals surface area contributed by atoms with Crippen LogP contribution in [-0.2, 0) is 0 Å².